The van der Waals surface area contributed by atoms with Gasteiger partial charge in [0.05, 0.1) is 17.1 Å². The number of aryl methyl sites for hydroxylation is 1. The molecule has 1 aromatic carbocycles. The van der Waals surface area contributed by atoms with Crippen molar-refractivity contribution in [1.82, 2.24) is 9.97 Å². The smallest absolute Gasteiger partial charge is 0.107 e. The first-order chi connectivity index (χ1) is 7.69. The fourth-order valence-electron chi connectivity index (χ4n) is 1.70. The van der Waals surface area contributed by atoms with Crippen LogP contribution in [0.3, 0.4) is 0 Å². The van der Waals surface area contributed by atoms with E-state index in [-0.39, 0.29) is 6.10 Å². The lowest BCUT2D eigenvalue weighted by atomic mass is 10.2. The molecule has 4 nitrogen and oxygen atoms in total. The normalized spacial score (nSPS) is 13.2. The third-order valence-corrected chi connectivity index (χ3v) is 2.63. The summed E-state index contributed by atoms with van der Waals surface area (Å²) in [5.74, 6) is 0.921. The van der Waals surface area contributed by atoms with Gasteiger partial charge in [-0.25, -0.2) is 4.98 Å². The molecule has 0 amide bonds. The summed E-state index contributed by atoms with van der Waals surface area (Å²) in [7, 11) is 0. The summed E-state index contributed by atoms with van der Waals surface area (Å²) >= 11 is 0. The number of nitrogens with zero attached hydrogens (tertiary/aromatic N) is 1. The Morgan fingerprint density at radius 3 is 3.00 bits per heavy atom. The standard InChI is InChI=1S/C12H17N3O/c1-8(16)2-5-12-14-10-4-3-9(7-13)6-11(10)15-12/h3-4,6,8,16H,2,5,7,13H2,1H3,(H,14,15). The zero-order valence-electron chi connectivity index (χ0n) is 9.40. The lowest BCUT2D eigenvalue weighted by Crippen LogP contribution is -2.02. The summed E-state index contributed by atoms with van der Waals surface area (Å²) in [4.78, 5) is 7.70. The van der Waals surface area contributed by atoms with Gasteiger partial charge in [0.15, 0.2) is 0 Å². The molecular weight excluding hydrogens is 202 g/mol. The van der Waals surface area contributed by atoms with Gasteiger partial charge in [0.1, 0.15) is 5.82 Å². The summed E-state index contributed by atoms with van der Waals surface area (Å²) in [5.41, 5.74) is 8.65. The van der Waals surface area contributed by atoms with Crippen LogP contribution in [-0.2, 0) is 13.0 Å². The number of rotatable bonds is 4. The quantitative estimate of drug-likeness (QED) is 0.726. The fourth-order valence-corrected chi connectivity index (χ4v) is 1.70. The minimum absolute atomic E-state index is 0.284. The minimum atomic E-state index is -0.284. The Morgan fingerprint density at radius 1 is 1.50 bits per heavy atom. The van der Waals surface area contributed by atoms with Gasteiger partial charge in [-0.3, -0.25) is 0 Å². The maximum Gasteiger partial charge on any atom is 0.107 e. The average molecular weight is 219 g/mol. The number of aliphatic hydroxyl groups is 1. The van der Waals surface area contributed by atoms with Gasteiger partial charge in [0.25, 0.3) is 0 Å². The molecule has 0 aliphatic heterocycles. The van der Waals surface area contributed by atoms with Gasteiger partial charge in [0.2, 0.25) is 0 Å². The van der Waals surface area contributed by atoms with Crippen LogP contribution in [0.4, 0.5) is 0 Å². The molecule has 1 heterocycles. The number of benzene rings is 1. The van der Waals surface area contributed by atoms with E-state index in [0.29, 0.717) is 6.54 Å². The topological polar surface area (TPSA) is 74.9 Å². The molecule has 1 aromatic heterocycles. The summed E-state index contributed by atoms with van der Waals surface area (Å²) in [6.07, 6.45) is 1.21. The Morgan fingerprint density at radius 2 is 2.31 bits per heavy atom. The highest BCUT2D eigenvalue weighted by molar-refractivity contribution is 5.75. The number of H-pyrrole nitrogens is 1. The Bertz CT molecular complexity index is 476. The van der Waals surface area contributed by atoms with E-state index in [0.717, 1.165) is 35.3 Å². The van der Waals surface area contributed by atoms with E-state index >= 15 is 0 Å². The number of imidazole rings is 1. The van der Waals surface area contributed by atoms with E-state index < -0.39 is 0 Å². The number of aliphatic hydroxyl groups excluding tert-OH is 1. The van der Waals surface area contributed by atoms with Gasteiger partial charge in [-0.05, 0) is 31.0 Å². The molecule has 0 spiro atoms. The van der Waals surface area contributed by atoms with Crippen LogP contribution in [0, 0.1) is 0 Å². The van der Waals surface area contributed by atoms with Crippen molar-refractivity contribution in [3.05, 3.63) is 29.6 Å². The van der Waals surface area contributed by atoms with Crippen LogP contribution >= 0.6 is 0 Å². The van der Waals surface area contributed by atoms with Crippen LogP contribution in [-0.4, -0.2) is 21.2 Å². The van der Waals surface area contributed by atoms with Crippen LogP contribution in [0.5, 0.6) is 0 Å². The van der Waals surface area contributed by atoms with Crippen molar-refractivity contribution in [2.24, 2.45) is 5.73 Å². The third-order valence-electron chi connectivity index (χ3n) is 2.63. The molecule has 0 bridgehead atoms. The molecule has 16 heavy (non-hydrogen) atoms. The van der Waals surface area contributed by atoms with E-state index in [1.54, 1.807) is 6.92 Å². The molecule has 0 radical (unpaired) electrons. The molecular formula is C12H17N3O. The second-order valence-corrected chi connectivity index (χ2v) is 4.13. The van der Waals surface area contributed by atoms with Crippen molar-refractivity contribution in [2.75, 3.05) is 0 Å². The Kier molecular flexibility index (Phi) is 3.22. The first-order valence-corrected chi connectivity index (χ1v) is 5.54. The molecule has 0 fully saturated rings. The number of hydrogen-bond acceptors (Lipinski definition) is 3. The molecule has 0 saturated carbocycles. The van der Waals surface area contributed by atoms with Gasteiger partial charge in [-0.1, -0.05) is 6.07 Å². The van der Waals surface area contributed by atoms with E-state index in [4.69, 9.17) is 5.73 Å². The van der Waals surface area contributed by atoms with Crippen LogP contribution < -0.4 is 5.73 Å². The summed E-state index contributed by atoms with van der Waals surface area (Å²) in [5, 5.41) is 9.21. The van der Waals surface area contributed by atoms with Gasteiger partial charge in [-0.15, -0.1) is 0 Å². The van der Waals surface area contributed by atoms with E-state index in [9.17, 15) is 5.11 Å². The highest BCUT2D eigenvalue weighted by Gasteiger charge is 2.04. The molecule has 2 aromatic rings. The van der Waals surface area contributed by atoms with Crippen LogP contribution in [0.2, 0.25) is 0 Å². The fraction of sp³-hybridized carbons (Fsp3) is 0.417. The number of fused-ring (bicyclic) bond motifs is 1. The number of hydrogen-bond donors (Lipinski definition) is 3. The zero-order chi connectivity index (χ0) is 11.5. The predicted molar refractivity (Wildman–Crippen MR) is 64.0 cm³/mol. The Labute approximate surface area is 94.5 Å². The van der Waals surface area contributed by atoms with Gasteiger partial charge < -0.3 is 15.8 Å². The van der Waals surface area contributed by atoms with Crippen molar-refractivity contribution in [2.45, 2.75) is 32.4 Å². The van der Waals surface area contributed by atoms with E-state index in [2.05, 4.69) is 9.97 Å². The van der Waals surface area contributed by atoms with E-state index in [1.807, 2.05) is 18.2 Å². The number of nitrogens with two attached hydrogens (primary N) is 1. The summed E-state index contributed by atoms with van der Waals surface area (Å²) in [6, 6.07) is 5.98. The average Bonchev–Trinajstić information content (AvgIpc) is 2.67. The summed E-state index contributed by atoms with van der Waals surface area (Å²) in [6.45, 7) is 2.33. The van der Waals surface area contributed by atoms with Gasteiger partial charge in [0, 0.05) is 13.0 Å². The first-order valence-electron chi connectivity index (χ1n) is 5.54. The van der Waals surface area contributed by atoms with Crippen molar-refractivity contribution >= 4 is 11.0 Å². The second kappa shape index (κ2) is 4.63. The maximum absolute atomic E-state index is 9.21. The highest BCUT2D eigenvalue weighted by atomic mass is 16.3. The van der Waals surface area contributed by atoms with Crippen LogP contribution in [0.15, 0.2) is 18.2 Å². The zero-order valence-corrected chi connectivity index (χ0v) is 9.40. The number of aromatic amines is 1. The molecule has 0 saturated heterocycles. The van der Waals surface area contributed by atoms with Crippen molar-refractivity contribution in [3.63, 3.8) is 0 Å². The molecule has 4 N–H and O–H groups in total. The van der Waals surface area contributed by atoms with Crippen LogP contribution in [0.1, 0.15) is 24.7 Å². The Balaban J connectivity index is 2.22. The summed E-state index contributed by atoms with van der Waals surface area (Å²) < 4.78 is 0. The first kappa shape index (κ1) is 11.1. The van der Waals surface area contributed by atoms with Crippen molar-refractivity contribution in [1.29, 1.82) is 0 Å². The molecule has 2 rings (SSSR count). The predicted octanol–water partition coefficient (Wildman–Crippen LogP) is 1.33. The lowest BCUT2D eigenvalue weighted by Gasteiger charge is -1.99. The SMILES string of the molecule is CC(O)CCc1nc2ccc(CN)cc2[nH]1. The van der Waals surface area contributed by atoms with E-state index in [1.165, 1.54) is 0 Å². The molecule has 0 aliphatic carbocycles. The third kappa shape index (κ3) is 2.40. The molecule has 1 atom stereocenters. The van der Waals surface area contributed by atoms with Crippen molar-refractivity contribution in [3.8, 4) is 0 Å². The highest BCUT2D eigenvalue weighted by Crippen LogP contribution is 2.14. The molecule has 0 aliphatic rings. The lowest BCUT2D eigenvalue weighted by molar-refractivity contribution is 0.184. The number of aromatic nitrogens is 2. The molecule has 86 valence electrons. The monoisotopic (exact) mass is 219 g/mol. The van der Waals surface area contributed by atoms with Crippen LogP contribution in [0.25, 0.3) is 11.0 Å². The second-order valence-electron chi connectivity index (χ2n) is 4.13. The molecule has 4 heteroatoms. The Hall–Kier alpha value is -1.39. The van der Waals surface area contributed by atoms with Gasteiger partial charge in [-0.2, -0.15) is 0 Å². The largest absolute Gasteiger partial charge is 0.393 e. The van der Waals surface area contributed by atoms with Crippen molar-refractivity contribution < 1.29 is 5.11 Å². The minimum Gasteiger partial charge on any atom is -0.393 e. The molecule has 1 unspecified atom stereocenters. The maximum atomic E-state index is 9.21. The number of nitrogens with one attached hydrogen (secondary N) is 1. The van der Waals surface area contributed by atoms with Gasteiger partial charge >= 0.3 is 0 Å².